The predicted octanol–water partition coefficient (Wildman–Crippen LogP) is 3.72. The molecule has 0 atom stereocenters. The summed E-state index contributed by atoms with van der Waals surface area (Å²) in [6.07, 6.45) is 3.68. The van der Waals surface area contributed by atoms with Gasteiger partial charge in [-0.25, -0.2) is 0 Å². The molecular formula is C17H29N3O. The summed E-state index contributed by atoms with van der Waals surface area (Å²) in [7, 11) is 0. The summed E-state index contributed by atoms with van der Waals surface area (Å²) in [4.78, 5) is 6.99. The van der Waals surface area contributed by atoms with Gasteiger partial charge < -0.3 is 15.4 Å². The number of pyridine rings is 1. The highest BCUT2D eigenvalue weighted by atomic mass is 16.5. The molecule has 21 heavy (non-hydrogen) atoms. The Morgan fingerprint density at radius 1 is 1.29 bits per heavy atom. The predicted molar refractivity (Wildman–Crippen MR) is 88.8 cm³/mol. The molecule has 4 heteroatoms. The third-order valence-corrected chi connectivity index (χ3v) is 4.09. The molecule has 0 amide bonds. The van der Waals surface area contributed by atoms with Crippen LogP contribution in [-0.4, -0.2) is 24.7 Å². The van der Waals surface area contributed by atoms with Gasteiger partial charge in [0.2, 0.25) is 5.88 Å². The Labute approximate surface area is 128 Å². The second-order valence-corrected chi connectivity index (χ2v) is 7.27. The molecule has 118 valence electrons. The summed E-state index contributed by atoms with van der Waals surface area (Å²) in [5.41, 5.74) is 7.02. The van der Waals surface area contributed by atoms with Crippen molar-refractivity contribution in [1.82, 2.24) is 4.98 Å². The lowest BCUT2D eigenvalue weighted by Gasteiger charge is -2.24. The summed E-state index contributed by atoms with van der Waals surface area (Å²) < 4.78 is 5.74. The highest BCUT2D eigenvalue weighted by Gasteiger charge is 2.24. The Hall–Kier alpha value is -1.45. The van der Waals surface area contributed by atoms with Gasteiger partial charge in [0.05, 0.1) is 12.3 Å². The minimum atomic E-state index is 0.430. The van der Waals surface area contributed by atoms with Crippen LogP contribution < -0.4 is 15.4 Å². The van der Waals surface area contributed by atoms with Crippen molar-refractivity contribution in [1.29, 1.82) is 0 Å². The fourth-order valence-electron chi connectivity index (χ4n) is 2.63. The van der Waals surface area contributed by atoms with Crippen LogP contribution in [0.1, 0.15) is 47.0 Å². The third kappa shape index (κ3) is 4.51. The Morgan fingerprint density at radius 3 is 2.76 bits per heavy atom. The van der Waals surface area contributed by atoms with E-state index < -0.39 is 0 Å². The molecule has 1 aliphatic heterocycles. The molecule has 0 aromatic carbocycles. The zero-order valence-electron chi connectivity index (χ0n) is 13.9. The first-order valence-corrected chi connectivity index (χ1v) is 8.02. The number of nitrogens with zero attached hydrogens (tertiary/aromatic N) is 2. The molecule has 0 spiro atoms. The van der Waals surface area contributed by atoms with Crippen LogP contribution in [0, 0.1) is 11.3 Å². The van der Waals surface area contributed by atoms with Gasteiger partial charge in [-0.15, -0.1) is 0 Å². The minimum absolute atomic E-state index is 0.430. The molecule has 0 saturated carbocycles. The molecule has 0 radical (unpaired) electrons. The minimum Gasteiger partial charge on any atom is -0.476 e. The van der Waals surface area contributed by atoms with Crippen LogP contribution in [0.3, 0.4) is 0 Å². The largest absolute Gasteiger partial charge is 0.476 e. The highest BCUT2D eigenvalue weighted by molar-refractivity contribution is 5.54. The van der Waals surface area contributed by atoms with Gasteiger partial charge in [0.25, 0.3) is 0 Å². The fourth-order valence-corrected chi connectivity index (χ4v) is 2.63. The van der Waals surface area contributed by atoms with E-state index in [4.69, 9.17) is 10.5 Å². The molecule has 1 aliphatic rings. The average molecular weight is 291 g/mol. The zero-order valence-corrected chi connectivity index (χ0v) is 13.9. The van der Waals surface area contributed by atoms with Crippen LogP contribution in [0.15, 0.2) is 12.1 Å². The summed E-state index contributed by atoms with van der Waals surface area (Å²) >= 11 is 0. The normalized spacial score (nSPS) is 18.6. The van der Waals surface area contributed by atoms with Crippen LogP contribution >= 0.6 is 0 Å². The third-order valence-electron chi connectivity index (χ3n) is 4.09. The molecule has 0 bridgehead atoms. The Kier molecular flexibility index (Phi) is 4.96. The molecule has 2 rings (SSSR count). The van der Waals surface area contributed by atoms with Gasteiger partial charge in [-0.3, -0.25) is 0 Å². The van der Waals surface area contributed by atoms with Gasteiger partial charge in [-0.1, -0.05) is 27.7 Å². The number of nitrogen functional groups attached to an aromatic ring is 1. The molecule has 1 aromatic heterocycles. The van der Waals surface area contributed by atoms with Gasteiger partial charge in [0.15, 0.2) is 0 Å². The number of aromatic nitrogens is 1. The zero-order chi connectivity index (χ0) is 15.5. The Balaban J connectivity index is 2.10. The molecule has 0 aliphatic carbocycles. The van der Waals surface area contributed by atoms with Crippen LogP contribution in [0.25, 0.3) is 0 Å². The molecule has 1 aromatic rings. The first-order chi connectivity index (χ1) is 9.87. The first kappa shape index (κ1) is 15.9. The van der Waals surface area contributed by atoms with Crippen molar-refractivity contribution in [2.24, 2.45) is 11.3 Å². The summed E-state index contributed by atoms with van der Waals surface area (Å²) in [6, 6.07) is 3.92. The van der Waals surface area contributed by atoms with Crippen LogP contribution in [0.5, 0.6) is 5.88 Å². The Morgan fingerprint density at radius 2 is 2.05 bits per heavy atom. The van der Waals surface area contributed by atoms with Crippen molar-refractivity contribution in [2.75, 3.05) is 30.3 Å². The molecule has 2 heterocycles. The van der Waals surface area contributed by atoms with Crippen molar-refractivity contribution >= 4 is 11.5 Å². The SMILES string of the molecule is CC(C)COc1nc(N2CCCC(C)(C)CC2)ccc1N. The molecule has 1 saturated heterocycles. The number of hydrogen-bond acceptors (Lipinski definition) is 4. The second kappa shape index (κ2) is 6.54. The van der Waals surface area contributed by atoms with Crippen molar-refractivity contribution in [3.05, 3.63) is 12.1 Å². The first-order valence-electron chi connectivity index (χ1n) is 8.02. The van der Waals surface area contributed by atoms with E-state index in [0.29, 0.717) is 29.5 Å². The van der Waals surface area contributed by atoms with Crippen molar-refractivity contribution in [3.8, 4) is 5.88 Å². The van der Waals surface area contributed by atoms with E-state index in [1.807, 2.05) is 12.1 Å². The summed E-state index contributed by atoms with van der Waals surface area (Å²) in [5, 5.41) is 0. The monoisotopic (exact) mass is 291 g/mol. The van der Waals surface area contributed by atoms with E-state index >= 15 is 0 Å². The topological polar surface area (TPSA) is 51.4 Å². The number of anilines is 2. The van der Waals surface area contributed by atoms with Gasteiger partial charge in [0.1, 0.15) is 5.82 Å². The quantitative estimate of drug-likeness (QED) is 0.918. The van der Waals surface area contributed by atoms with Gasteiger partial charge in [-0.05, 0) is 42.7 Å². The number of nitrogens with two attached hydrogens (primary N) is 1. The van der Waals surface area contributed by atoms with Crippen LogP contribution in [0.4, 0.5) is 11.5 Å². The van der Waals surface area contributed by atoms with Crippen molar-refractivity contribution < 1.29 is 4.74 Å². The number of rotatable bonds is 4. The number of hydrogen-bond donors (Lipinski definition) is 1. The lowest BCUT2D eigenvalue weighted by Crippen LogP contribution is -2.26. The van der Waals surface area contributed by atoms with E-state index in [0.717, 1.165) is 18.9 Å². The highest BCUT2D eigenvalue weighted by Crippen LogP contribution is 2.32. The average Bonchev–Trinajstić information content (AvgIpc) is 2.59. The number of ether oxygens (including phenoxy) is 1. The standard InChI is InChI=1S/C17H29N3O/c1-13(2)12-21-16-14(18)6-7-15(19-16)20-10-5-8-17(3,4)9-11-20/h6-7,13H,5,8-12,18H2,1-4H3. The van der Waals surface area contributed by atoms with Crippen molar-refractivity contribution in [2.45, 2.75) is 47.0 Å². The van der Waals surface area contributed by atoms with Gasteiger partial charge in [0, 0.05) is 13.1 Å². The molecule has 0 unspecified atom stereocenters. The van der Waals surface area contributed by atoms with E-state index in [1.54, 1.807) is 0 Å². The lowest BCUT2D eigenvalue weighted by molar-refractivity contribution is 0.263. The maximum Gasteiger partial charge on any atom is 0.239 e. The summed E-state index contributed by atoms with van der Waals surface area (Å²) in [5.74, 6) is 2.03. The van der Waals surface area contributed by atoms with Crippen molar-refractivity contribution in [3.63, 3.8) is 0 Å². The molecule has 1 fully saturated rings. The van der Waals surface area contributed by atoms with E-state index in [2.05, 4.69) is 37.6 Å². The summed E-state index contributed by atoms with van der Waals surface area (Å²) in [6.45, 7) is 11.7. The van der Waals surface area contributed by atoms with E-state index in [9.17, 15) is 0 Å². The lowest BCUT2D eigenvalue weighted by atomic mass is 9.85. The van der Waals surface area contributed by atoms with Crippen LogP contribution in [0.2, 0.25) is 0 Å². The second-order valence-electron chi connectivity index (χ2n) is 7.27. The molecule has 2 N–H and O–H groups in total. The van der Waals surface area contributed by atoms with Crippen LogP contribution in [-0.2, 0) is 0 Å². The van der Waals surface area contributed by atoms with Gasteiger partial charge in [-0.2, -0.15) is 4.98 Å². The maximum absolute atomic E-state index is 5.97. The molecular weight excluding hydrogens is 262 g/mol. The van der Waals surface area contributed by atoms with E-state index in [1.165, 1.54) is 19.3 Å². The maximum atomic E-state index is 5.97. The van der Waals surface area contributed by atoms with E-state index in [-0.39, 0.29) is 0 Å². The fraction of sp³-hybridized carbons (Fsp3) is 0.706. The van der Waals surface area contributed by atoms with Gasteiger partial charge >= 0.3 is 0 Å². The Bertz CT molecular complexity index is 471. The molecule has 4 nitrogen and oxygen atoms in total. The smallest absolute Gasteiger partial charge is 0.239 e.